The fourth-order valence-corrected chi connectivity index (χ4v) is 3.87. The molecule has 0 bridgehead atoms. The molecule has 154 valence electrons. The van der Waals surface area contributed by atoms with Gasteiger partial charge in [-0.25, -0.2) is 0 Å². The molecule has 6 nitrogen and oxygen atoms in total. The first-order valence-electron chi connectivity index (χ1n) is 8.40. The summed E-state index contributed by atoms with van der Waals surface area (Å²) in [6.07, 6.45) is -0.123. The molecule has 1 aliphatic rings. The van der Waals surface area contributed by atoms with Crippen LogP contribution in [0, 0.1) is 0 Å². The molecule has 0 radical (unpaired) electrons. The van der Waals surface area contributed by atoms with Crippen LogP contribution in [0.2, 0.25) is 5.02 Å². The maximum absolute atomic E-state index is 12.4. The summed E-state index contributed by atoms with van der Waals surface area (Å²) >= 11 is 7.17. The minimum absolute atomic E-state index is 0.0938. The number of ether oxygens (including phenoxy) is 3. The molecule has 2 aromatic carbocycles. The van der Waals surface area contributed by atoms with Crippen molar-refractivity contribution in [2.45, 2.75) is 29.8 Å². The van der Waals surface area contributed by atoms with Crippen molar-refractivity contribution in [3.05, 3.63) is 47.0 Å². The Balaban J connectivity index is 1.57. The molecule has 1 heterocycles. The topological polar surface area (TPSA) is 73.9 Å². The SMILES string of the molecule is COc1cc(COC(=O)CC2Sc3ccc(Cl)cc3NC2=O)ccc1OC(F)F. The molecule has 0 saturated carbocycles. The molecule has 10 heteroatoms. The van der Waals surface area contributed by atoms with E-state index in [1.165, 1.54) is 37.1 Å². The van der Waals surface area contributed by atoms with Crippen molar-refractivity contribution in [3.8, 4) is 11.5 Å². The number of nitrogens with one attached hydrogen (secondary N) is 1. The van der Waals surface area contributed by atoms with Crippen LogP contribution >= 0.6 is 23.4 Å². The van der Waals surface area contributed by atoms with Gasteiger partial charge in [0.2, 0.25) is 5.91 Å². The fraction of sp³-hybridized carbons (Fsp3) is 0.263. The van der Waals surface area contributed by atoms with Gasteiger partial charge in [0.1, 0.15) is 6.61 Å². The molecule has 29 heavy (non-hydrogen) atoms. The number of halogens is 3. The van der Waals surface area contributed by atoms with Gasteiger partial charge in [-0.2, -0.15) is 8.78 Å². The van der Waals surface area contributed by atoms with Crippen molar-refractivity contribution < 1.29 is 32.6 Å². The van der Waals surface area contributed by atoms with Gasteiger partial charge >= 0.3 is 12.6 Å². The Kier molecular flexibility index (Phi) is 6.81. The van der Waals surface area contributed by atoms with Crippen molar-refractivity contribution in [2.24, 2.45) is 0 Å². The summed E-state index contributed by atoms with van der Waals surface area (Å²) in [5.41, 5.74) is 1.13. The van der Waals surface area contributed by atoms with E-state index in [2.05, 4.69) is 10.1 Å². The van der Waals surface area contributed by atoms with E-state index in [0.29, 0.717) is 16.3 Å². The number of anilines is 1. The molecule has 0 aliphatic carbocycles. The van der Waals surface area contributed by atoms with Crippen LogP contribution in [0.15, 0.2) is 41.3 Å². The van der Waals surface area contributed by atoms with Crippen molar-refractivity contribution in [2.75, 3.05) is 12.4 Å². The zero-order valence-electron chi connectivity index (χ0n) is 15.1. The van der Waals surface area contributed by atoms with Crippen molar-refractivity contribution >= 4 is 40.9 Å². The standard InChI is InChI=1S/C19H16ClF2NO5S/c1-26-14-6-10(2-4-13(14)28-19(21)22)9-27-17(24)8-16-18(25)23-12-7-11(20)3-5-15(12)29-16/h2-7,16,19H,8-9H2,1H3,(H,23,25). The summed E-state index contributed by atoms with van der Waals surface area (Å²) in [5, 5.41) is 2.59. The Bertz CT molecular complexity index is 927. The molecule has 3 rings (SSSR count). The number of thioether (sulfide) groups is 1. The number of hydrogen-bond acceptors (Lipinski definition) is 6. The van der Waals surface area contributed by atoms with Gasteiger partial charge in [-0.15, -0.1) is 11.8 Å². The lowest BCUT2D eigenvalue weighted by molar-refractivity contribution is -0.145. The minimum atomic E-state index is -2.98. The number of esters is 1. The predicted octanol–water partition coefficient (Wildman–Crippen LogP) is 4.50. The molecular formula is C19H16ClF2NO5S. The first-order valence-corrected chi connectivity index (χ1v) is 9.66. The monoisotopic (exact) mass is 443 g/mol. The van der Waals surface area contributed by atoms with Gasteiger partial charge < -0.3 is 19.5 Å². The Morgan fingerprint density at radius 2 is 2.03 bits per heavy atom. The van der Waals surface area contributed by atoms with Gasteiger partial charge in [0.15, 0.2) is 11.5 Å². The zero-order valence-corrected chi connectivity index (χ0v) is 16.7. The van der Waals surface area contributed by atoms with E-state index in [1.807, 2.05) is 0 Å². The Morgan fingerprint density at radius 3 is 2.76 bits per heavy atom. The lowest BCUT2D eigenvalue weighted by Crippen LogP contribution is -2.31. The number of amides is 1. The second-order valence-corrected chi connectivity index (χ2v) is 7.65. The van der Waals surface area contributed by atoms with Crippen molar-refractivity contribution in [1.82, 2.24) is 0 Å². The minimum Gasteiger partial charge on any atom is -0.493 e. The van der Waals surface area contributed by atoms with Crippen LogP contribution in [0.4, 0.5) is 14.5 Å². The van der Waals surface area contributed by atoms with E-state index in [0.717, 1.165) is 4.90 Å². The number of methoxy groups -OCH3 is 1. The second-order valence-electron chi connectivity index (χ2n) is 5.96. The molecule has 0 fully saturated rings. The third-order valence-corrected chi connectivity index (χ3v) is 5.47. The third-order valence-electron chi connectivity index (χ3n) is 3.96. The highest BCUT2D eigenvalue weighted by Crippen LogP contribution is 2.38. The molecule has 0 saturated heterocycles. The molecule has 1 amide bonds. The van der Waals surface area contributed by atoms with Crippen LogP contribution in [-0.4, -0.2) is 30.8 Å². The van der Waals surface area contributed by atoms with Crippen LogP contribution in [-0.2, 0) is 20.9 Å². The lowest BCUT2D eigenvalue weighted by Gasteiger charge is -2.23. The van der Waals surface area contributed by atoms with Crippen LogP contribution in [0.3, 0.4) is 0 Å². The molecule has 1 unspecified atom stereocenters. The number of hydrogen-bond donors (Lipinski definition) is 1. The number of rotatable bonds is 7. The first-order chi connectivity index (χ1) is 13.9. The summed E-state index contributed by atoms with van der Waals surface area (Å²) < 4.78 is 39.3. The Labute approximate surface area is 174 Å². The molecule has 2 aromatic rings. The van der Waals surface area contributed by atoms with Gasteiger partial charge in [0, 0.05) is 9.92 Å². The third kappa shape index (κ3) is 5.51. The Hall–Kier alpha value is -2.52. The van der Waals surface area contributed by atoms with Gasteiger partial charge in [0.25, 0.3) is 0 Å². The number of carbonyl (C=O) groups excluding carboxylic acids is 2. The number of fused-ring (bicyclic) bond motifs is 1. The van der Waals surface area contributed by atoms with E-state index in [-0.39, 0.29) is 30.4 Å². The number of alkyl halides is 2. The summed E-state index contributed by atoms with van der Waals surface area (Å²) in [4.78, 5) is 25.2. The van der Waals surface area contributed by atoms with Gasteiger partial charge in [0.05, 0.1) is 24.5 Å². The molecular weight excluding hydrogens is 428 g/mol. The molecule has 0 spiro atoms. The second kappa shape index (κ2) is 9.32. The summed E-state index contributed by atoms with van der Waals surface area (Å²) in [6.45, 7) is -3.08. The first kappa shape index (κ1) is 21.2. The van der Waals surface area contributed by atoms with Gasteiger partial charge in [-0.3, -0.25) is 9.59 Å². The van der Waals surface area contributed by atoms with E-state index in [4.69, 9.17) is 21.1 Å². The lowest BCUT2D eigenvalue weighted by atomic mass is 10.2. The predicted molar refractivity (Wildman–Crippen MR) is 104 cm³/mol. The molecule has 1 aliphatic heterocycles. The van der Waals surface area contributed by atoms with Crippen molar-refractivity contribution in [1.29, 1.82) is 0 Å². The summed E-state index contributed by atoms with van der Waals surface area (Å²) in [6, 6.07) is 9.35. The van der Waals surface area contributed by atoms with E-state index in [1.54, 1.807) is 18.2 Å². The van der Waals surface area contributed by atoms with E-state index >= 15 is 0 Å². The van der Waals surface area contributed by atoms with Crippen LogP contribution in [0.25, 0.3) is 0 Å². The van der Waals surface area contributed by atoms with Gasteiger partial charge in [-0.05, 0) is 35.9 Å². The maximum atomic E-state index is 12.4. The largest absolute Gasteiger partial charge is 0.493 e. The number of carbonyl (C=O) groups is 2. The molecule has 1 N–H and O–H groups in total. The quantitative estimate of drug-likeness (QED) is 0.635. The van der Waals surface area contributed by atoms with Crippen LogP contribution in [0.5, 0.6) is 11.5 Å². The van der Waals surface area contributed by atoms with Crippen molar-refractivity contribution in [3.63, 3.8) is 0 Å². The van der Waals surface area contributed by atoms with E-state index in [9.17, 15) is 18.4 Å². The summed E-state index contributed by atoms with van der Waals surface area (Å²) in [5.74, 6) is -0.901. The van der Waals surface area contributed by atoms with Crippen LogP contribution < -0.4 is 14.8 Å². The van der Waals surface area contributed by atoms with Crippen LogP contribution in [0.1, 0.15) is 12.0 Å². The maximum Gasteiger partial charge on any atom is 0.387 e. The average Bonchev–Trinajstić information content (AvgIpc) is 2.67. The summed E-state index contributed by atoms with van der Waals surface area (Å²) in [7, 11) is 1.31. The highest BCUT2D eigenvalue weighted by atomic mass is 35.5. The number of benzene rings is 2. The highest BCUT2D eigenvalue weighted by Gasteiger charge is 2.29. The Morgan fingerprint density at radius 1 is 1.24 bits per heavy atom. The fourth-order valence-electron chi connectivity index (χ4n) is 2.63. The van der Waals surface area contributed by atoms with E-state index < -0.39 is 17.8 Å². The molecule has 0 aromatic heterocycles. The normalized spacial score (nSPS) is 15.5. The van der Waals surface area contributed by atoms with Gasteiger partial charge in [-0.1, -0.05) is 17.7 Å². The highest BCUT2D eigenvalue weighted by molar-refractivity contribution is 8.01. The molecule has 1 atom stereocenters. The zero-order chi connectivity index (χ0) is 21.0. The average molecular weight is 444 g/mol. The smallest absolute Gasteiger partial charge is 0.387 e.